The van der Waals surface area contributed by atoms with Crippen molar-refractivity contribution in [2.45, 2.75) is 58.8 Å². The second-order valence-electron chi connectivity index (χ2n) is 5.08. The number of aryl methyl sites for hydroxylation is 1. The van der Waals surface area contributed by atoms with Gasteiger partial charge in [0.15, 0.2) is 0 Å². The molecular weight excluding hydrogens is 206 g/mol. The van der Waals surface area contributed by atoms with E-state index in [4.69, 9.17) is 0 Å². The molecule has 1 nitrogen and oxygen atoms in total. The topological polar surface area (TPSA) is 12.9 Å². The second-order valence-corrected chi connectivity index (χ2v) is 5.08. The Morgan fingerprint density at radius 1 is 1.29 bits per heavy atom. The Balaban J connectivity index is 2.19. The van der Waals surface area contributed by atoms with Gasteiger partial charge in [-0.2, -0.15) is 0 Å². The van der Waals surface area contributed by atoms with Crippen molar-refractivity contribution in [3.63, 3.8) is 0 Å². The van der Waals surface area contributed by atoms with Gasteiger partial charge in [0.25, 0.3) is 0 Å². The summed E-state index contributed by atoms with van der Waals surface area (Å²) >= 11 is 0. The highest BCUT2D eigenvalue weighted by Gasteiger charge is 2.16. The molecule has 0 aromatic carbocycles. The maximum atomic E-state index is 4.59. The molecule has 1 heteroatoms. The summed E-state index contributed by atoms with van der Waals surface area (Å²) in [7, 11) is 0. The highest BCUT2D eigenvalue weighted by molar-refractivity contribution is 5.69. The number of rotatable bonds is 4. The van der Waals surface area contributed by atoms with E-state index < -0.39 is 0 Å². The first-order valence-electron chi connectivity index (χ1n) is 6.95. The SMILES string of the molecule is CCCCC/C(C)=C1\CCCc2cccnc21. The Morgan fingerprint density at radius 2 is 2.18 bits per heavy atom. The van der Waals surface area contributed by atoms with Crippen LogP contribution in [-0.4, -0.2) is 4.98 Å². The van der Waals surface area contributed by atoms with Gasteiger partial charge in [-0.05, 0) is 56.2 Å². The molecule has 1 aliphatic carbocycles. The summed E-state index contributed by atoms with van der Waals surface area (Å²) in [5.41, 5.74) is 5.83. The summed E-state index contributed by atoms with van der Waals surface area (Å²) < 4.78 is 0. The lowest BCUT2D eigenvalue weighted by Crippen LogP contribution is -2.05. The van der Waals surface area contributed by atoms with E-state index in [1.807, 2.05) is 6.20 Å². The Kier molecular flexibility index (Phi) is 4.36. The third-order valence-electron chi connectivity index (χ3n) is 3.72. The molecule has 1 heterocycles. The summed E-state index contributed by atoms with van der Waals surface area (Å²) in [6, 6.07) is 4.30. The number of allylic oxidation sites excluding steroid dienone is 2. The highest BCUT2D eigenvalue weighted by atomic mass is 14.7. The lowest BCUT2D eigenvalue weighted by Gasteiger charge is -2.20. The zero-order chi connectivity index (χ0) is 12.1. The highest BCUT2D eigenvalue weighted by Crippen LogP contribution is 2.32. The lowest BCUT2D eigenvalue weighted by molar-refractivity contribution is 0.708. The third-order valence-corrected chi connectivity index (χ3v) is 3.72. The van der Waals surface area contributed by atoms with E-state index in [0.29, 0.717) is 0 Å². The average Bonchev–Trinajstić information content (AvgIpc) is 2.38. The summed E-state index contributed by atoms with van der Waals surface area (Å²) in [4.78, 5) is 4.59. The van der Waals surface area contributed by atoms with Crippen LogP contribution in [0.15, 0.2) is 23.9 Å². The normalized spacial score (nSPS) is 17.8. The van der Waals surface area contributed by atoms with Crippen LogP contribution in [0.5, 0.6) is 0 Å². The van der Waals surface area contributed by atoms with Gasteiger partial charge in [0.1, 0.15) is 0 Å². The molecule has 1 aromatic heterocycles. The van der Waals surface area contributed by atoms with Crippen molar-refractivity contribution in [1.82, 2.24) is 4.98 Å². The minimum absolute atomic E-state index is 1.20. The first kappa shape index (κ1) is 12.3. The van der Waals surface area contributed by atoms with Crippen LogP contribution in [0, 0.1) is 0 Å². The van der Waals surface area contributed by atoms with Crippen LogP contribution in [-0.2, 0) is 6.42 Å². The molecule has 0 N–H and O–H groups in total. The molecule has 0 aliphatic heterocycles. The predicted molar refractivity (Wildman–Crippen MR) is 73.9 cm³/mol. The monoisotopic (exact) mass is 229 g/mol. The first-order valence-corrected chi connectivity index (χ1v) is 6.95. The molecule has 1 aromatic rings. The van der Waals surface area contributed by atoms with Crippen molar-refractivity contribution in [2.24, 2.45) is 0 Å². The summed E-state index contributed by atoms with van der Waals surface area (Å²) in [5, 5.41) is 0. The number of hydrogen-bond acceptors (Lipinski definition) is 1. The van der Waals surface area contributed by atoms with Crippen LogP contribution in [0.4, 0.5) is 0 Å². The largest absolute Gasteiger partial charge is 0.256 e. The van der Waals surface area contributed by atoms with Gasteiger partial charge in [-0.25, -0.2) is 0 Å². The second kappa shape index (κ2) is 6.00. The summed E-state index contributed by atoms with van der Waals surface area (Å²) in [6.45, 7) is 4.56. The standard InChI is InChI=1S/C16H23N/c1-3-4-5-8-13(2)15-11-6-9-14-10-7-12-17-16(14)15/h7,10,12H,3-6,8-9,11H2,1-2H3/b15-13+. The molecule has 0 atom stereocenters. The molecule has 0 unspecified atom stereocenters. The molecule has 17 heavy (non-hydrogen) atoms. The quantitative estimate of drug-likeness (QED) is 0.678. The van der Waals surface area contributed by atoms with Crippen LogP contribution < -0.4 is 0 Å². The fourth-order valence-electron chi connectivity index (χ4n) is 2.69. The molecule has 0 bridgehead atoms. The molecular formula is C16H23N. The van der Waals surface area contributed by atoms with Gasteiger partial charge in [-0.3, -0.25) is 4.98 Å². The first-order chi connectivity index (χ1) is 8.33. The molecule has 92 valence electrons. The van der Waals surface area contributed by atoms with Crippen molar-refractivity contribution >= 4 is 5.57 Å². The van der Waals surface area contributed by atoms with Crippen LogP contribution in [0.1, 0.15) is 63.6 Å². The van der Waals surface area contributed by atoms with E-state index in [1.165, 1.54) is 61.8 Å². The van der Waals surface area contributed by atoms with Crippen molar-refractivity contribution in [1.29, 1.82) is 0 Å². The molecule has 2 rings (SSSR count). The van der Waals surface area contributed by atoms with Crippen LogP contribution in [0.3, 0.4) is 0 Å². The number of aromatic nitrogens is 1. The number of nitrogens with zero attached hydrogens (tertiary/aromatic N) is 1. The number of hydrogen-bond donors (Lipinski definition) is 0. The zero-order valence-electron chi connectivity index (χ0n) is 11.1. The van der Waals surface area contributed by atoms with Gasteiger partial charge in [-0.15, -0.1) is 0 Å². The van der Waals surface area contributed by atoms with E-state index in [1.54, 1.807) is 5.57 Å². The van der Waals surface area contributed by atoms with Crippen molar-refractivity contribution in [3.05, 3.63) is 35.2 Å². The van der Waals surface area contributed by atoms with E-state index >= 15 is 0 Å². The Morgan fingerprint density at radius 3 is 3.00 bits per heavy atom. The zero-order valence-corrected chi connectivity index (χ0v) is 11.1. The fraction of sp³-hybridized carbons (Fsp3) is 0.562. The molecule has 0 saturated heterocycles. The maximum absolute atomic E-state index is 4.59. The van der Waals surface area contributed by atoms with Gasteiger partial charge in [0.05, 0.1) is 5.69 Å². The van der Waals surface area contributed by atoms with Crippen LogP contribution in [0.2, 0.25) is 0 Å². The number of pyridine rings is 1. The van der Waals surface area contributed by atoms with Gasteiger partial charge < -0.3 is 0 Å². The average molecular weight is 229 g/mol. The summed E-state index contributed by atoms with van der Waals surface area (Å²) in [6.07, 6.45) is 10.9. The molecule has 0 saturated carbocycles. The summed E-state index contributed by atoms with van der Waals surface area (Å²) in [5.74, 6) is 0. The third kappa shape index (κ3) is 2.96. The number of fused-ring (bicyclic) bond motifs is 1. The Hall–Kier alpha value is -1.11. The van der Waals surface area contributed by atoms with E-state index in [2.05, 4.69) is 31.0 Å². The van der Waals surface area contributed by atoms with E-state index in [9.17, 15) is 0 Å². The number of unbranched alkanes of at least 4 members (excludes halogenated alkanes) is 2. The Labute approximate surface area is 105 Å². The molecule has 0 radical (unpaired) electrons. The van der Waals surface area contributed by atoms with Gasteiger partial charge in [-0.1, -0.05) is 31.4 Å². The van der Waals surface area contributed by atoms with Crippen molar-refractivity contribution in [2.75, 3.05) is 0 Å². The lowest BCUT2D eigenvalue weighted by atomic mass is 9.87. The molecule has 0 spiro atoms. The van der Waals surface area contributed by atoms with Crippen molar-refractivity contribution in [3.8, 4) is 0 Å². The molecule has 0 fully saturated rings. The molecule has 0 amide bonds. The predicted octanol–water partition coefficient (Wildman–Crippen LogP) is 4.77. The Bertz CT molecular complexity index is 404. The fourth-order valence-corrected chi connectivity index (χ4v) is 2.69. The minimum Gasteiger partial charge on any atom is -0.256 e. The maximum Gasteiger partial charge on any atom is 0.0692 e. The van der Waals surface area contributed by atoms with Crippen LogP contribution in [0.25, 0.3) is 5.57 Å². The van der Waals surface area contributed by atoms with Gasteiger partial charge in [0.2, 0.25) is 0 Å². The van der Waals surface area contributed by atoms with E-state index in [0.717, 1.165) is 0 Å². The van der Waals surface area contributed by atoms with Crippen molar-refractivity contribution < 1.29 is 0 Å². The minimum atomic E-state index is 1.20. The van der Waals surface area contributed by atoms with Gasteiger partial charge in [0, 0.05) is 6.20 Å². The van der Waals surface area contributed by atoms with Crippen LogP contribution >= 0.6 is 0 Å². The molecule has 1 aliphatic rings. The smallest absolute Gasteiger partial charge is 0.0692 e. The van der Waals surface area contributed by atoms with Gasteiger partial charge >= 0.3 is 0 Å². The van der Waals surface area contributed by atoms with E-state index in [-0.39, 0.29) is 0 Å².